The van der Waals surface area contributed by atoms with Gasteiger partial charge in [0.25, 0.3) is 0 Å². The summed E-state index contributed by atoms with van der Waals surface area (Å²) in [6.45, 7) is 3.86. The second-order valence-corrected chi connectivity index (χ2v) is 8.33. The lowest BCUT2D eigenvalue weighted by atomic mass is 10.0. The van der Waals surface area contributed by atoms with Gasteiger partial charge in [-0.1, -0.05) is 17.7 Å². The molecule has 158 valence electrons. The lowest BCUT2D eigenvalue weighted by molar-refractivity contribution is 0.559. The zero-order valence-corrected chi connectivity index (χ0v) is 18.6. The van der Waals surface area contributed by atoms with Crippen molar-refractivity contribution in [2.75, 3.05) is 5.32 Å². The van der Waals surface area contributed by atoms with Gasteiger partial charge in [-0.05, 0) is 49.2 Å². The van der Waals surface area contributed by atoms with E-state index in [0.717, 1.165) is 16.5 Å². The molecule has 0 aliphatic rings. The van der Waals surface area contributed by atoms with Gasteiger partial charge in [0, 0.05) is 31.2 Å². The maximum Gasteiger partial charge on any atom is 0.349 e. The second kappa shape index (κ2) is 8.20. The summed E-state index contributed by atoms with van der Waals surface area (Å²) in [7, 11) is 1.69. The van der Waals surface area contributed by atoms with Crippen molar-refractivity contribution in [2.45, 2.75) is 25.8 Å². The summed E-state index contributed by atoms with van der Waals surface area (Å²) in [5, 5.41) is 4.68. The van der Waals surface area contributed by atoms with Gasteiger partial charge in [0.2, 0.25) is 5.28 Å². The molecule has 0 fully saturated rings. The lowest BCUT2D eigenvalue weighted by Gasteiger charge is -2.26. The van der Waals surface area contributed by atoms with Gasteiger partial charge in [-0.3, -0.25) is 4.57 Å². The molecule has 0 radical (unpaired) electrons. The van der Waals surface area contributed by atoms with Crippen molar-refractivity contribution in [1.29, 1.82) is 0 Å². The summed E-state index contributed by atoms with van der Waals surface area (Å²) in [5.74, 6) is 1.04. The normalized spacial score (nSPS) is 11.6. The van der Waals surface area contributed by atoms with E-state index in [1.165, 1.54) is 10.8 Å². The summed E-state index contributed by atoms with van der Waals surface area (Å²) in [5.41, 5.74) is 1.27. The molecule has 0 saturated heterocycles. The number of hydrogen-bond donors (Lipinski definition) is 1. The number of rotatable bonds is 5. The quantitative estimate of drug-likeness (QED) is 0.457. The Labute approximate surface area is 188 Å². The predicted molar refractivity (Wildman–Crippen MR) is 121 cm³/mol. The number of aryl methyl sites for hydroxylation is 1. The molecule has 1 N–H and O–H groups in total. The lowest BCUT2D eigenvalue weighted by Crippen LogP contribution is -2.33. The molecule has 0 aliphatic carbocycles. The standard InChI is InChI=1S/C21H19Cl2N7O/c1-21(2,18-24-7-4-8-25-18)29-17-13-9-12(5-6-16(13)30(3)20(31)28-17)10-15-14(22)11-26-19(23)27-15/h4-9,11H,10H2,1-3H3,(H,28,29,31). The summed E-state index contributed by atoms with van der Waals surface area (Å²) in [6.07, 6.45) is 5.28. The van der Waals surface area contributed by atoms with Crippen LogP contribution in [0.25, 0.3) is 10.9 Å². The molecule has 4 aromatic rings. The van der Waals surface area contributed by atoms with Gasteiger partial charge in [-0.25, -0.2) is 24.7 Å². The first-order valence-corrected chi connectivity index (χ1v) is 10.2. The number of fused-ring (bicyclic) bond motifs is 1. The van der Waals surface area contributed by atoms with Gasteiger partial charge in [0.1, 0.15) is 5.82 Å². The fourth-order valence-electron chi connectivity index (χ4n) is 3.27. The molecule has 0 amide bonds. The fraction of sp³-hybridized carbons (Fsp3) is 0.238. The third kappa shape index (κ3) is 4.35. The highest BCUT2D eigenvalue weighted by molar-refractivity contribution is 6.32. The number of anilines is 1. The third-order valence-electron chi connectivity index (χ3n) is 4.89. The third-order valence-corrected chi connectivity index (χ3v) is 5.38. The van der Waals surface area contributed by atoms with Crippen molar-refractivity contribution >= 4 is 39.9 Å². The molecule has 0 unspecified atom stereocenters. The van der Waals surface area contributed by atoms with Crippen LogP contribution in [0.3, 0.4) is 0 Å². The summed E-state index contributed by atoms with van der Waals surface area (Å²) in [4.78, 5) is 33.5. The monoisotopic (exact) mass is 455 g/mol. The molecule has 10 heteroatoms. The Morgan fingerprint density at radius 1 is 1.10 bits per heavy atom. The minimum absolute atomic E-state index is 0.135. The van der Waals surface area contributed by atoms with Crippen LogP contribution in [0.1, 0.15) is 30.9 Å². The Kier molecular flexibility index (Phi) is 5.60. The summed E-state index contributed by atoms with van der Waals surface area (Å²) >= 11 is 12.2. The van der Waals surface area contributed by atoms with Crippen LogP contribution >= 0.6 is 23.2 Å². The Bertz CT molecular complexity index is 1320. The van der Waals surface area contributed by atoms with Crippen molar-refractivity contribution < 1.29 is 0 Å². The van der Waals surface area contributed by atoms with Crippen molar-refractivity contribution in [2.24, 2.45) is 7.05 Å². The number of halogens is 2. The first-order chi connectivity index (χ1) is 14.7. The van der Waals surface area contributed by atoms with Crippen LogP contribution in [-0.4, -0.2) is 29.5 Å². The van der Waals surface area contributed by atoms with Crippen LogP contribution in [0.15, 0.2) is 47.7 Å². The number of aromatic nitrogens is 6. The Morgan fingerprint density at radius 3 is 2.58 bits per heavy atom. The van der Waals surface area contributed by atoms with E-state index in [9.17, 15) is 4.79 Å². The molecule has 0 bridgehead atoms. The minimum Gasteiger partial charge on any atom is -0.357 e. The SMILES string of the molecule is Cn1c(=O)nc(NC(C)(C)c2ncccn2)c2cc(Cc3nc(Cl)ncc3Cl)ccc21. The second-order valence-electron chi connectivity index (χ2n) is 7.59. The average molecular weight is 456 g/mol. The smallest absolute Gasteiger partial charge is 0.349 e. The minimum atomic E-state index is -0.660. The van der Waals surface area contributed by atoms with Crippen molar-refractivity contribution in [1.82, 2.24) is 29.5 Å². The highest BCUT2D eigenvalue weighted by Gasteiger charge is 2.25. The topological polar surface area (TPSA) is 98.5 Å². The van der Waals surface area contributed by atoms with Crippen molar-refractivity contribution in [3.63, 3.8) is 0 Å². The Hall–Kier alpha value is -3.10. The zero-order valence-electron chi connectivity index (χ0n) is 17.1. The van der Waals surface area contributed by atoms with Gasteiger partial charge in [0.15, 0.2) is 5.82 Å². The van der Waals surface area contributed by atoms with Crippen molar-refractivity contribution in [3.05, 3.63) is 80.7 Å². The van der Waals surface area contributed by atoms with Gasteiger partial charge in [0.05, 0.1) is 28.0 Å². The average Bonchev–Trinajstić information content (AvgIpc) is 2.75. The van der Waals surface area contributed by atoms with E-state index in [4.69, 9.17) is 23.2 Å². The predicted octanol–water partition coefficient (Wildman–Crippen LogP) is 3.76. The molecule has 0 spiro atoms. The summed E-state index contributed by atoms with van der Waals surface area (Å²) < 4.78 is 1.50. The molecule has 0 atom stereocenters. The molecule has 3 heterocycles. The Morgan fingerprint density at radius 2 is 1.84 bits per heavy atom. The van der Waals surface area contributed by atoms with Gasteiger partial charge >= 0.3 is 5.69 Å². The number of hydrogen-bond acceptors (Lipinski definition) is 7. The van der Waals surface area contributed by atoms with E-state index in [1.807, 2.05) is 32.0 Å². The molecular formula is C21H19Cl2N7O. The van der Waals surface area contributed by atoms with Crippen LogP contribution in [0.2, 0.25) is 10.3 Å². The Balaban J connectivity index is 1.80. The highest BCUT2D eigenvalue weighted by atomic mass is 35.5. The number of benzene rings is 1. The van der Waals surface area contributed by atoms with Crippen LogP contribution in [-0.2, 0) is 19.0 Å². The zero-order chi connectivity index (χ0) is 22.2. The van der Waals surface area contributed by atoms with Crippen LogP contribution in [0.5, 0.6) is 0 Å². The summed E-state index contributed by atoms with van der Waals surface area (Å²) in [6, 6.07) is 7.51. The van der Waals surface area contributed by atoms with E-state index < -0.39 is 5.54 Å². The largest absolute Gasteiger partial charge is 0.357 e. The first kappa shape index (κ1) is 21.1. The maximum absolute atomic E-state index is 12.5. The van der Waals surface area contributed by atoms with E-state index >= 15 is 0 Å². The number of nitrogens with zero attached hydrogens (tertiary/aromatic N) is 6. The first-order valence-electron chi connectivity index (χ1n) is 9.47. The fourth-order valence-corrected chi connectivity index (χ4v) is 3.58. The van der Waals surface area contributed by atoms with E-state index in [2.05, 4.69) is 30.2 Å². The van der Waals surface area contributed by atoms with Crippen LogP contribution in [0.4, 0.5) is 5.82 Å². The van der Waals surface area contributed by atoms with Crippen LogP contribution in [0, 0.1) is 0 Å². The molecule has 1 aromatic carbocycles. The number of nitrogens with one attached hydrogen (secondary N) is 1. The van der Waals surface area contributed by atoms with Crippen molar-refractivity contribution in [3.8, 4) is 0 Å². The molecule has 3 aromatic heterocycles. The van der Waals surface area contributed by atoms with Gasteiger partial charge in [-0.2, -0.15) is 4.98 Å². The molecule has 0 saturated carbocycles. The van der Waals surface area contributed by atoms with Gasteiger partial charge < -0.3 is 5.32 Å². The van der Waals surface area contributed by atoms with Crippen LogP contribution < -0.4 is 11.0 Å². The molecule has 31 heavy (non-hydrogen) atoms. The molecule has 0 aliphatic heterocycles. The maximum atomic E-state index is 12.5. The van der Waals surface area contributed by atoms with Gasteiger partial charge in [-0.15, -0.1) is 0 Å². The molecule has 8 nitrogen and oxygen atoms in total. The van der Waals surface area contributed by atoms with E-state index in [0.29, 0.717) is 28.8 Å². The highest BCUT2D eigenvalue weighted by Crippen LogP contribution is 2.28. The molecular weight excluding hydrogens is 437 g/mol. The molecule has 4 rings (SSSR count). The van der Waals surface area contributed by atoms with E-state index in [-0.39, 0.29) is 11.0 Å². The van der Waals surface area contributed by atoms with E-state index in [1.54, 1.807) is 25.5 Å².